The fraction of sp³-hybridized carbons (Fsp3) is 0.308. The number of benzene rings is 1. The number of methoxy groups -OCH3 is 1. The molecule has 2 rings (SSSR count). The number of nitrogens with zero attached hydrogens (tertiary/aromatic N) is 2. The highest BCUT2D eigenvalue weighted by Crippen LogP contribution is 2.21. The van der Waals surface area contributed by atoms with Crippen LogP contribution in [0.25, 0.3) is 11.1 Å². The van der Waals surface area contributed by atoms with Gasteiger partial charge in [0.2, 0.25) is 5.91 Å². The van der Waals surface area contributed by atoms with Crippen molar-refractivity contribution in [2.24, 2.45) is 0 Å². The van der Waals surface area contributed by atoms with Gasteiger partial charge in [-0.25, -0.2) is 4.98 Å². The summed E-state index contributed by atoms with van der Waals surface area (Å²) in [5.74, 6) is -0.559. The van der Waals surface area contributed by atoms with Gasteiger partial charge in [0.05, 0.1) is 13.5 Å². The minimum absolute atomic E-state index is 0.0736. The van der Waals surface area contributed by atoms with Crippen molar-refractivity contribution >= 4 is 28.7 Å². The predicted molar refractivity (Wildman–Crippen MR) is 68.7 cm³/mol. The largest absolute Gasteiger partial charge is 0.469 e. The lowest BCUT2D eigenvalue weighted by Gasteiger charge is -2.16. The van der Waals surface area contributed by atoms with E-state index in [1.54, 1.807) is 25.2 Å². The van der Waals surface area contributed by atoms with Gasteiger partial charge < -0.3 is 14.1 Å². The fourth-order valence-corrected chi connectivity index (χ4v) is 1.68. The highest BCUT2D eigenvalue weighted by atomic mass is 16.5. The zero-order chi connectivity index (χ0) is 13.8. The van der Waals surface area contributed by atoms with Gasteiger partial charge in [0.15, 0.2) is 12.0 Å². The van der Waals surface area contributed by atoms with Crippen LogP contribution in [0.4, 0.5) is 5.69 Å². The van der Waals surface area contributed by atoms with Crippen LogP contribution in [-0.2, 0) is 14.3 Å². The molecular weight excluding hydrogens is 248 g/mol. The number of oxazole rings is 1. The Bertz CT molecular complexity index is 605. The van der Waals surface area contributed by atoms with Crippen LogP contribution in [0.5, 0.6) is 0 Å². The molecule has 6 heteroatoms. The zero-order valence-electron chi connectivity index (χ0n) is 10.8. The molecule has 1 aromatic carbocycles. The number of hydrogen-bond acceptors (Lipinski definition) is 5. The van der Waals surface area contributed by atoms with Crippen molar-refractivity contribution in [3.8, 4) is 0 Å². The SMILES string of the molecule is COC(=O)CCC(=O)N(C)c1ccc2ncoc2c1. The molecule has 1 aromatic heterocycles. The smallest absolute Gasteiger partial charge is 0.306 e. The van der Waals surface area contributed by atoms with Crippen molar-refractivity contribution in [3.63, 3.8) is 0 Å². The predicted octanol–water partition coefficient (Wildman–Crippen LogP) is 1.74. The lowest BCUT2D eigenvalue weighted by atomic mass is 10.2. The summed E-state index contributed by atoms with van der Waals surface area (Å²) in [5, 5.41) is 0. The summed E-state index contributed by atoms with van der Waals surface area (Å²) in [4.78, 5) is 28.4. The van der Waals surface area contributed by atoms with E-state index in [9.17, 15) is 9.59 Å². The molecule has 2 aromatic rings. The summed E-state index contributed by atoms with van der Waals surface area (Å²) in [6.07, 6.45) is 1.54. The van der Waals surface area contributed by atoms with Gasteiger partial charge in [-0.05, 0) is 12.1 Å². The molecule has 0 fully saturated rings. The van der Waals surface area contributed by atoms with E-state index in [4.69, 9.17) is 4.42 Å². The molecule has 1 amide bonds. The summed E-state index contributed by atoms with van der Waals surface area (Å²) < 4.78 is 9.68. The molecule has 6 nitrogen and oxygen atoms in total. The number of carbonyl (C=O) groups is 2. The van der Waals surface area contributed by atoms with E-state index >= 15 is 0 Å². The van der Waals surface area contributed by atoms with E-state index in [1.165, 1.54) is 18.4 Å². The lowest BCUT2D eigenvalue weighted by molar-refractivity contribution is -0.141. The maximum absolute atomic E-state index is 11.9. The lowest BCUT2D eigenvalue weighted by Crippen LogP contribution is -2.26. The third kappa shape index (κ3) is 2.90. The van der Waals surface area contributed by atoms with E-state index in [1.807, 2.05) is 0 Å². The number of hydrogen-bond donors (Lipinski definition) is 0. The highest BCUT2D eigenvalue weighted by molar-refractivity contribution is 5.95. The van der Waals surface area contributed by atoms with Gasteiger partial charge in [-0.3, -0.25) is 9.59 Å². The summed E-state index contributed by atoms with van der Waals surface area (Å²) in [7, 11) is 2.95. The van der Waals surface area contributed by atoms with E-state index in [0.717, 1.165) is 5.52 Å². The van der Waals surface area contributed by atoms with Gasteiger partial charge in [-0.2, -0.15) is 0 Å². The van der Waals surface area contributed by atoms with E-state index in [0.29, 0.717) is 11.3 Å². The van der Waals surface area contributed by atoms with Crippen molar-refractivity contribution in [2.45, 2.75) is 12.8 Å². The molecule has 1 heterocycles. The van der Waals surface area contributed by atoms with Crippen LogP contribution in [0.15, 0.2) is 29.0 Å². The molecule has 0 saturated heterocycles. The normalized spacial score (nSPS) is 10.4. The van der Waals surface area contributed by atoms with Crippen LogP contribution in [0, 0.1) is 0 Å². The molecule has 100 valence electrons. The monoisotopic (exact) mass is 262 g/mol. The van der Waals surface area contributed by atoms with Crippen LogP contribution >= 0.6 is 0 Å². The molecule has 0 bridgehead atoms. The number of aromatic nitrogens is 1. The number of amides is 1. The average Bonchev–Trinajstić information content (AvgIpc) is 2.90. The van der Waals surface area contributed by atoms with E-state index in [-0.39, 0.29) is 18.7 Å². The topological polar surface area (TPSA) is 72.6 Å². The third-order valence-electron chi connectivity index (χ3n) is 2.85. The molecule has 0 spiro atoms. The maximum Gasteiger partial charge on any atom is 0.306 e. The fourth-order valence-electron chi connectivity index (χ4n) is 1.68. The van der Waals surface area contributed by atoms with Gasteiger partial charge in [0.25, 0.3) is 0 Å². The second-order valence-electron chi connectivity index (χ2n) is 4.03. The van der Waals surface area contributed by atoms with E-state index in [2.05, 4.69) is 9.72 Å². The first-order valence-corrected chi connectivity index (χ1v) is 5.78. The Balaban J connectivity index is 2.07. The molecule has 0 saturated carbocycles. The molecule has 0 aliphatic rings. The highest BCUT2D eigenvalue weighted by Gasteiger charge is 2.14. The average molecular weight is 262 g/mol. The summed E-state index contributed by atoms with van der Waals surface area (Å²) >= 11 is 0. The molecule has 0 aliphatic heterocycles. The Morgan fingerprint density at radius 2 is 2.16 bits per heavy atom. The second kappa shape index (κ2) is 5.51. The third-order valence-corrected chi connectivity index (χ3v) is 2.85. The van der Waals surface area contributed by atoms with Crippen LogP contribution in [0.2, 0.25) is 0 Å². The Morgan fingerprint density at radius 1 is 1.37 bits per heavy atom. The first kappa shape index (κ1) is 13.1. The van der Waals surface area contributed by atoms with Crippen LogP contribution in [-0.4, -0.2) is 31.0 Å². The number of esters is 1. The van der Waals surface area contributed by atoms with Crippen LogP contribution in [0.3, 0.4) is 0 Å². The number of carbonyl (C=O) groups excluding carboxylic acids is 2. The minimum Gasteiger partial charge on any atom is -0.469 e. The van der Waals surface area contributed by atoms with Crippen LogP contribution < -0.4 is 4.90 Å². The number of ether oxygens (including phenoxy) is 1. The molecule has 0 aliphatic carbocycles. The van der Waals surface area contributed by atoms with Gasteiger partial charge >= 0.3 is 5.97 Å². The molecule has 0 unspecified atom stereocenters. The first-order valence-electron chi connectivity index (χ1n) is 5.78. The first-order chi connectivity index (χ1) is 9.11. The minimum atomic E-state index is -0.396. The standard InChI is InChI=1S/C13H14N2O4/c1-15(12(16)5-6-13(17)18-2)9-3-4-10-11(7-9)19-8-14-10/h3-4,7-8H,5-6H2,1-2H3. The van der Waals surface area contributed by atoms with Crippen molar-refractivity contribution in [2.75, 3.05) is 19.1 Å². The number of fused-ring (bicyclic) bond motifs is 1. The zero-order valence-corrected chi connectivity index (χ0v) is 10.8. The van der Waals surface area contributed by atoms with Crippen molar-refractivity contribution in [1.29, 1.82) is 0 Å². The number of rotatable bonds is 4. The van der Waals surface area contributed by atoms with Gasteiger partial charge in [-0.1, -0.05) is 0 Å². The second-order valence-corrected chi connectivity index (χ2v) is 4.03. The van der Waals surface area contributed by atoms with Crippen molar-refractivity contribution in [3.05, 3.63) is 24.6 Å². The molecule has 19 heavy (non-hydrogen) atoms. The number of anilines is 1. The maximum atomic E-state index is 11.9. The van der Waals surface area contributed by atoms with Crippen LogP contribution in [0.1, 0.15) is 12.8 Å². The van der Waals surface area contributed by atoms with E-state index < -0.39 is 5.97 Å². The van der Waals surface area contributed by atoms with Gasteiger partial charge in [-0.15, -0.1) is 0 Å². The van der Waals surface area contributed by atoms with Crippen molar-refractivity contribution in [1.82, 2.24) is 4.98 Å². The molecule has 0 N–H and O–H groups in total. The van der Waals surface area contributed by atoms with Crippen molar-refractivity contribution < 1.29 is 18.7 Å². The van der Waals surface area contributed by atoms with Gasteiger partial charge in [0, 0.05) is 25.2 Å². The summed E-state index contributed by atoms with van der Waals surface area (Å²) in [6, 6.07) is 5.29. The Hall–Kier alpha value is -2.37. The molecule has 0 atom stereocenters. The quantitative estimate of drug-likeness (QED) is 0.785. The Morgan fingerprint density at radius 3 is 2.89 bits per heavy atom. The molecule has 0 radical (unpaired) electrons. The molecular formula is C13H14N2O4. The Labute approximate surface area is 110 Å². The van der Waals surface area contributed by atoms with Gasteiger partial charge in [0.1, 0.15) is 5.52 Å². The summed E-state index contributed by atoms with van der Waals surface area (Å²) in [6.45, 7) is 0. The summed E-state index contributed by atoms with van der Waals surface area (Å²) in [5.41, 5.74) is 2.04. The Kier molecular flexibility index (Phi) is 3.79.